The molecule has 5 nitrogen and oxygen atoms in total. The van der Waals surface area contributed by atoms with E-state index in [2.05, 4.69) is 20.6 Å². The molecule has 11 heteroatoms. The summed E-state index contributed by atoms with van der Waals surface area (Å²) in [6, 6.07) is 0.547. The number of benzene rings is 1. The molecule has 1 heterocycles. The zero-order chi connectivity index (χ0) is 20.4. The summed E-state index contributed by atoms with van der Waals surface area (Å²) in [6.07, 6.45) is -4.86. The molecule has 0 aliphatic rings. The third kappa shape index (κ3) is 5.22. The van der Waals surface area contributed by atoms with Gasteiger partial charge in [-0.05, 0) is 5.92 Å². The smallest absolute Gasteiger partial charge is 0.394 e. The van der Waals surface area contributed by atoms with E-state index in [0.717, 1.165) is 0 Å². The van der Waals surface area contributed by atoms with Gasteiger partial charge >= 0.3 is 6.18 Å². The third-order valence-electron chi connectivity index (χ3n) is 3.59. The van der Waals surface area contributed by atoms with E-state index in [0.29, 0.717) is 18.2 Å². The number of aliphatic hydroxyl groups is 1. The summed E-state index contributed by atoms with van der Waals surface area (Å²) in [7, 11) is 0. The molecular formula is C16H16F6N4O. The molecule has 27 heavy (non-hydrogen) atoms. The summed E-state index contributed by atoms with van der Waals surface area (Å²) < 4.78 is 79.7. The van der Waals surface area contributed by atoms with Gasteiger partial charge in [0.25, 0.3) is 0 Å². The molecule has 0 saturated carbocycles. The molecule has 0 spiro atoms. The predicted octanol–water partition coefficient (Wildman–Crippen LogP) is 4.09. The summed E-state index contributed by atoms with van der Waals surface area (Å²) in [4.78, 5) is 7.08. The first-order chi connectivity index (χ1) is 12.5. The van der Waals surface area contributed by atoms with Crippen LogP contribution in [0.25, 0.3) is 0 Å². The first-order valence-corrected chi connectivity index (χ1v) is 7.76. The van der Waals surface area contributed by atoms with Crippen molar-refractivity contribution in [1.29, 1.82) is 0 Å². The number of aromatic nitrogens is 2. The minimum Gasteiger partial charge on any atom is -0.394 e. The van der Waals surface area contributed by atoms with Crippen LogP contribution in [-0.4, -0.2) is 27.7 Å². The van der Waals surface area contributed by atoms with Crippen LogP contribution < -0.4 is 10.6 Å². The lowest BCUT2D eigenvalue weighted by Gasteiger charge is -2.21. The van der Waals surface area contributed by atoms with Gasteiger partial charge in [0.05, 0.1) is 12.6 Å². The number of rotatable bonds is 6. The Labute approximate surface area is 150 Å². The van der Waals surface area contributed by atoms with E-state index < -0.39 is 59.4 Å². The van der Waals surface area contributed by atoms with Crippen molar-refractivity contribution in [2.75, 3.05) is 17.2 Å². The van der Waals surface area contributed by atoms with Crippen LogP contribution in [0.3, 0.4) is 0 Å². The largest absolute Gasteiger partial charge is 0.433 e. The van der Waals surface area contributed by atoms with Gasteiger partial charge in [-0.1, -0.05) is 13.8 Å². The summed E-state index contributed by atoms with van der Waals surface area (Å²) in [5.74, 6) is -5.10. The molecule has 1 aromatic carbocycles. The normalized spacial score (nSPS) is 13.0. The Kier molecular flexibility index (Phi) is 6.14. The van der Waals surface area contributed by atoms with Gasteiger partial charge in [-0.15, -0.1) is 0 Å². The Morgan fingerprint density at radius 1 is 1.04 bits per heavy atom. The molecular weight excluding hydrogens is 378 g/mol. The van der Waals surface area contributed by atoms with Crippen LogP contribution in [0.5, 0.6) is 0 Å². The second-order valence-electron chi connectivity index (χ2n) is 6.01. The molecule has 2 rings (SSSR count). The molecule has 148 valence electrons. The van der Waals surface area contributed by atoms with Crippen LogP contribution in [0.1, 0.15) is 19.5 Å². The highest BCUT2D eigenvalue weighted by Gasteiger charge is 2.34. The summed E-state index contributed by atoms with van der Waals surface area (Å²) in [5.41, 5.74) is -2.23. The maximum Gasteiger partial charge on any atom is 0.433 e. The Balaban J connectivity index is 2.45. The monoisotopic (exact) mass is 394 g/mol. The summed E-state index contributed by atoms with van der Waals surface area (Å²) >= 11 is 0. The van der Waals surface area contributed by atoms with Gasteiger partial charge in [0.1, 0.15) is 17.3 Å². The lowest BCUT2D eigenvalue weighted by atomic mass is 10.1. The quantitative estimate of drug-likeness (QED) is 0.644. The molecule has 0 amide bonds. The Hall–Kier alpha value is -2.56. The van der Waals surface area contributed by atoms with Crippen molar-refractivity contribution >= 4 is 17.5 Å². The van der Waals surface area contributed by atoms with Crippen molar-refractivity contribution in [2.45, 2.75) is 26.1 Å². The standard InChI is InChI=1S/C16H16F6N4O/c1-7(2)11(6-27)23-15-24-12(16(20,21)22)5-13(26-15)25-14-9(18)3-8(17)4-10(14)19/h3-5,7,11,27H,6H2,1-2H3,(H2,23,24,25,26)/t11-/m1/s1. The maximum absolute atomic E-state index is 13.7. The molecule has 1 atom stereocenters. The van der Waals surface area contributed by atoms with Crippen LogP contribution in [0.2, 0.25) is 0 Å². The first kappa shape index (κ1) is 20.7. The van der Waals surface area contributed by atoms with E-state index >= 15 is 0 Å². The summed E-state index contributed by atoms with van der Waals surface area (Å²) in [5, 5.41) is 13.9. The number of aliphatic hydroxyl groups excluding tert-OH is 1. The van der Waals surface area contributed by atoms with Crippen molar-refractivity contribution in [3.8, 4) is 0 Å². The van der Waals surface area contributed by atoms with Crippen molar-refractivity contribution in [1.82, 2.24) is 9.97 Å². The molecule has 0 bridgehead atoms. The number of halogens is 6. The van der Waals surface area contributed by atoms with Gasteiger partial charge < -0.3 is 15.7 Å². The fourth-order valence-electron chi connectivity index (χ4n) is 2.10. The molecule has 0 aliphatic heterocycles. The first-order valence-electron chi connectivity index (χ1n) is 7.76. The number of nitrogens with zero attached hydrogens (tertiary/aromatic N) is 2. The van der Waals surface area contributed by atoms with Crippen molar-refractivity contribution < 1.29 is 31.4 Å². The highest BCUT2D eigenvalue weighted by Crippen LogP contribution is 2.31. The lowest BCUT2D eigenvalue weighted by Crippen LogP contribution is -2.30. The SMILES string of the molecule is CC(C)[C@@H](CO)Nc1nc(Nc2c(F)cc(F)cc2F)cc(C(F)(F)F)n1. The molecule has 1 aromatic heterocycles. The Morgan fingerprint density at radius 2 is 1.63 bits per heavy atom. The zero-order valence-electron chi connectivity index (χ0n) is 14.2. The van der Waals surface area contributed by atoms with Crippen LogP contribution in [0.4, 0.5) is 43.8 Å². The Bertz CT molecular complexity index is 789. The molecule has 3 N–H and O–H groups in total. The van der Waals surface area contributed by atoms with Gasteiger partial charge in [0.2, 0.25) is 5.95 Å². The fourth-order valence-corrected chi connectivity index (χ4v) is 2.10. The fraction of sp³-hybridized carbons (Fsp3) is 0.375. The van der Waals surface area contributed by atoms with Crippen LogP contribution in [0.15, 0.2) is 18.2 Å². The average molecular weight is 394 g/mol. The summed E-state index contributed by atoms with van der Waals surface area (Å²) in [6.45, 7) is 3.02. The molecule has 0 saturated heterocycles. The number of hydrogen-bond donors (Lipinski definition) is 3. The molecule has 2 aromatic rings. The molecule has 0 fully saturated rings. The van der Waals surface area contributed by atoms with E-state index in [-0.39, 0.29) is 5.92 Å². The van der Waals surface area contributed by atoms with Gasteiger partial charge in [-0.25, -0.2) is 18.2 Å². The van der Waals surface area contributed by atoms with E-state index in [4.69, 9.17) is 0 Å². The van der Waals surface area contributed by atoms with E-state index in [1.165, 1.54) is 0 Å². The van der Waals surface area contributed by atoms with Crippen molar-refractivity contribution in [3.05, 3.63) is 41.3 Å². The minimum absolute atomic E-state index is 0.170. The van der Waals surface area contributed by atoms with E-state index in [9.17, 15) is 31.4 Å². The van der Waals surface area contributed by atoms with E-state index in [1.54, 1.807) is 13.8 Å². The number of alkyl halides is 3. The number of anilines is 3. The highest BCUT2D eigenvalue weighted by atomic mass is 19.4. The van der Waals surface area contributed by atoms with Gasteiger partial charge in [0, 0.05) is 18.2 Å². The van der Waals surface area contributed by atoms with E-state index in [1.807, 2.05) is 0 Å². The van der Waals surface area contributed by atoms with Crippen LogP contribution >= 0.6 is 0 Å². The second kappa shape index (κ2) is 7.99. The van der Waals surface area contributed by atoms with Gasteiger partial charge in [-0.3, -0.25) is 0 Å². The van der Waals surface area contributed by atoms with Crippen molar-refractivity contribution in [3.63, 3.8) is 0 Å². The number of hydrogen-bond acceptors (Lipinski definition) is 5. The minimum atomic E-state index is -4.86. The predicted molar refractivity (Wildman–Crippen MR) is 86.0 cm³/mol. The van der Waals surface area contributed by atoms with Crippen LogP contribution in [0, 0.1) is 23.4 Å². The number of nitrogens with one attached hydrogen (secondary N) is 2. The van der Waals surface area contributed by atoms with Crippen molar-refractivity contribution in [2.24, 2.45) is 5.92 Å². The molecule has 0 aliphatic carbocycles. The van der Waals surface area contributed by atoms with Gasteiger partial charge in [0.15, 0.2) is 17.3 Å². The zero-order valence-corrected chi connectivity index (χ0v) is 14.2. The van der Waals surface area contributed by atoms with Crippen LogP contribution in [-0.2, 0) is 6.18 Å². The third-order valence-corrected chi connectivity index (χ3v) is 3.59. The maximum atomic E-state index is 13.7. The second-order valence-corrected chi connectivity index (χ2v) is 6.01. The topological polar surface area (TPSA) is 70.1 Å². The Morgan fingerprint density at radius 3 is 2.11 bits per heavy atom. The average Bonchev–Trinajstić information content (AvgIpc) is 2.54. The lowest BCUT2D eigenvalue weighted by molar-refractivity contribution is -0.141. The molecule has 0 unspecified atom stereocenters. The highest BCUT2D eigenvalue weighted by molar-refractivity contribution is 5.59. The van der Waals surface area contributed by atoms with Gasteiger partial charge in [-0.2, -0.15) is 18.2 Å². The molecule has 0 radical (unpaired) electrons.